The second kappa shape index (κ2) is 9.11. The highest BCUT2D eigenvalue weighted by molar-refractivity contribution is 6.02. The van der Waals surface area contributed by atoms with E-state index < -0.39 is 0 Å². The molecule has 9 nitrogen and oxygen atoms in total. The summed E-state index contributed by atoms with van der Waals surface area (Å²) in [5.74, 6) is -0.232. The Morgan fingerprint density at radius 2 is 1.61 bits per heavy atom. The molecule has 0 saturated carbocycles. The quantitative estimate of drug-likeness (QED) is 0.729. The number of benzene rings is 1. The van der Waals surface area contributed by atoms with Crippen molar-refractivity contribution >= 4 is 23.4 Å². The molecule has 0 bridgehead atoms. The maximum atomic E-state index is 12.5. The van der Waals surface area contributed by atoms with Crippen LogP contribution in [-0.4, -0.2) is 76.1 Å². The largest absolute Gasteiger partial charge is 0.351 e. The summed E-state index contributed by atoms with van der Waals surface area (Å²) in [6.07, 6.45) is 0.978. The molecule has 1 fully saturated rings. The molecule has 0 atom stereocenters. The van der Waals surface area contributed by atoms with Gasteiger partial charge in [0.15, 0.2) is 0 Å². The lowest BCUT2D eigenvalue weighted by atomic mass is 10.1. The van der Waals surface area contributed by atoms with Gasteiger partial charge in [0.2, 0.25) is 17.6 Å². The third-order valence-electron chi connectivity index (χ3n) is 5.51. The van der Waals surface area contributed by atoms with Crippen molar-refractivity contribution < 1.29 is 18.9 Å². The first-order chi connectivity index (χ1) is 15.0. The number of carbonyl (C=O) groups is 3. The number of hydrogen-bond acceptors (Lipinski definition) is 6. The number of amides is 3. The Morgan fingerprint density at radius 1 is 0.935 bits per heavy atom. The lowest BCUT2D eigenvalue weighted by molar-refractivity contribution is -0.137. The smallest absolute Gasteiger partial charge is 0.292 e. The minimum absolute atomic E-state index is 0.0811. The fourth-order valence-corrected chi connectivity index (χ4v) is 3.75. The van der Waals surface area contributed by atoms with Crippen LogP contribution in [-0.2, 0) is 9.59 Å². The van der Waals surface area contributed by atoms with Crippen LogP contribution in [0.4, 0.5) is 0 Å². The Kier molecular flexibility index (Phi) is 6.11. The summed E-state index contributed by atoms with van der Waals surface area (Å²) in [5, 5.41) is 9.63. The lowest BCUT2D eigenvalue weighted by Crippen LogP contribution is -2.50. The first kappa shape index (κ1) is 20.8. The summed E-state index contributed by atoms with van der Waals surface area (Å²) >= 11 is 0. The molecule has 2 aliphatic rings. The van der Waals surface area contributed by atoms with Crippen LogP contribution in [0.1, 0.15) is 41.1 Å². The average Bonchev–Trinajstić information content (AvgIpc) is 3.47. The standard InChI is InChI=1S/C22H25N5O4/c1-16-15-19(31-24-16)22(30)26-13-11-25(12-14-26)20(28)7-8-21(29)27-10-9-18(23-27)17-5-3-2-4-6-17/h2-6,15H,7-14H2,1H3. The van der Waals surface area contributed by atoms with Gasteiger partial charge in [-0.25, -0.2) is 5.01 Å². The molecule has 31 heavy (non-hydrogen) atoms. The summed E-state index contributed by atoms with van der Waals surface area (Å²) in [6.45, 7) is 4.02. The maximum Gasteiger partial charge on any atom is 0.292 e. The van der Waals surface area contributed by atoms with Crippen molar-refractivity contribution in [2.75, 3.05) is 32.7 Å². The fourth-order valence-electron chi connectivity index (χ4n) is 3.75. The van der Waals surface area contributed by atoms with Gasteiger partial charge in [-0.15, -0.1) is 0 Å². The zero-order chi connectivity index (χ0) is 21.8. The van der Waals surface area contributed by atoms with Crippen LogP contribution in [0, 0.1) is 6.92 Å². The number of rotatable bonds is 5. The average molecular weight is 423 g/mol. The zero-order valence-electron chi connectivity index (χ0n) is 17.5. The minimum atomic E-state index is -0.219. The van der Waals surface area contributed by atoms with E-state index in [1.165, 1.54) is 5.01 Å². The Labute approximate surface area is 180 Å². The molecule has 2 aromatic rings. The molecule has 162 valence electrons. The van der Waals surface area contributed by atoms with E-state index in [0.29, 0.717) is 44.8 Å². The van der Waals surface area contributed by atoms with Crippen LogP contribution >= 0.6 is 0 Å². The predicted molar refractivity (Wildman–Crippen MR) is 112 cm³/mol. The molecule has 0 unspecified atom stereocenters. The van der Waals surface area contributed by atoms with Crippen molar-refractivity contribution in [1.29, 1.82) is 0 Å². The second-order valence-corrected chi connectivity index (χ2v) is 7.69. The van der Waals surface area contributed by atoms with Crippen molar-refractivity contribution in [3.63, 3.8) is 0 Å². The molecule has 1 aromatic heterocycles. The summed E-state index contributed by atoms with van der Waals surface area (Å²) < 4.78 is 5.03. The Hall–Kier alpha value is -3.49. The molecule has 4 rings (SSSR count). The maximum absolute atomic E-state index is 12.5. The van der Waals surface area contributed by atoms with E-state index >= 15 is 0 Å². The van der Waals surface area contributed by atoms with E-state index in [1.807, 2.05) is 30.3 Å². The van der Waals surface area contributed by atoms with Crippen molar-refractivity contribution in [2.24, 2.45) is 5.10 Å². The molecule has 2 aliphatic heterocycles. The van der Waals surface area contributed by atoms with Crippen molar-refractivity contribution in [2.45, 2.75) is 26.2 Å². The minimum Gasteiger partial charge on any atom is -0.351 e. The highest BCUT2D eigenvalue weighted by Crippen LogP contribution is 2.16. The van der Waals surface area contributed by atoms with E-state index in [9.17, 15) is 14.4 Å². The van der Waals surface area contributed by atoms with Gasteiger partial charge < -0.3 is 14.3 Å². The summed E-state index contributed by atoms with van der Waals surface area (Å²) in [5.41, 5.74) is 2.56. The molecule has 3 amide bonds. The third-order valence-corrected chi connectivity index (χ3v) is 5.51. The Balaban J connectivity index is 1.23. The van der Waals surface area contributed by atoms with Gasteiger partial charge in [0, 0.05) is 51.5 Å². The first-order valence-electron chi connectivity index (χ1n) is 10.4. The number of nitrogens with zero attached hydrogens (tertiary/aromatic N) is 5. The van der Waals surface area contributed by atoms with Gasteiger partial charge in [-0.3, -0.25) is 14.4 Å². The molecule has 0 aliphatic carbocycles. The van der Waals surface area contributed by atoms with Gasteiger partial charge >= 0.3 is 0 Å². The number of carbonyl (C=O) groups excluding carboxylic acids is 3. The number of piperazine rings is 1. The third kappa shape index (κ3) is 4.82. The Morgan fingerprint density at radius 3 is 2.29 bits per heavy atom. The van der Waals surface area contributed by atoms with Gasteiger partial charge in [-0.2, -0.15) is 5.10 Å². The number of hydrazone groups is 1. The van der Waals surface area contributed by atoms with Crippen LogP contribution in [0.3, 0.4) is 0 Å². The van der Waals surface area contributed by atoms with E-state index in [0.717, 1.165) is 11.3 Å². The molecular weight excluding hydrogens is 398 g/mol. The molecule has 1 aromatic carbocycles. The predicted octanol–water partition coefficient (Wildman–Crippen LogP) is 1.68. The summed E-state index contributed by atoms with van der Waals surface area (Å²) in [4.78, 5) is 40.8. The number of hydrogen-bond donors (Lipinski definition) is 0. The highest BCUT2D eigenvalue weighted by Gasteiger charge is 2.28. The van der Waals surface area contributed by atoms with Crippen LogP contribution < -0.4 is 0 Å². The van der Waals surface area contributed by atoms with Crippen molar-refractivity contribution in [3.05, 3.63) is 53.4 Å². The molecule has 0 radical (unpaired) electrons. The molecule has 1 saturated heterocycles. The van der Waals surface area contributed by atoms with Crippen molar-refractivity contribution in [1.82, 2.24) is 20.0 Å². The molecule has 3 heterocycles. The van der Waals surface area contributed by atoms with Crippen LogP contribution in [0.2, 0.25) is 0 Å². The molecular formula is C22H25N5O4. The van der Waals surface area contributed by atoms with Crippen LogP contribution in [0.15, 0.2) is 46.0 Å². The van der Waals surface area contributed by atoms with Crippen LogP contribution in [0.25, 0.3) is 0 Å². The zero-order valence-corrected chi connectivity index (χ0v) is 17.5. The fraction of sp³-hybridized carbons (Fsp3) is 0.409. The SMILES string of the molecule is Cc1cc(C(=O)N2CCN(C(=O)CCC(=O)N3CCC(c4ccccc4)=N3)CC2)on1. The normalized spacial score (nSPS) is 16.4. The van der Waals surface area contributed by atoms with Crippen molar-refractivity contribution in [3.8, 4) is 0 Å². The van der Waals surface area contributed by atoms with E-state index in [4.69, 9.17) is 4.52 Å². The van der Waals surface area contributed by atoms with Gasteiger partial charge in [-0.05, 0) is 12.5 Å². The topological polar surface area (TPSA) is 99.3 Å². The molecule has 9 heteroatoms. The monoisotopic (exact) mass is 423 g/mol. The van der Waals surface area contributed by atoms with Crippen LogP contribution in [0.5, 0.6) is 0 Å². The highest BCUT2D eigenvalue weighted by atomic mass is 16.5. The summed E-state index contributed by atoms with van der Waals surface area (Å²) in [7, 11) is 0. The molecule has 0 spiro atoms. The van der Waals surface area contributed by atoms with E-state index in [1.54, 1.807) is 22.8 Å². The number of aromatic nitrogens is 1. The first-order valence-corrected chi connectivity index (χ1v) is 10.4. The van der Waals surface area contributed by atoms with E-state index in [2.05, 4.69) is 10.3 Å². The van der Waals surface area contributed by atoms with Gasteiger partial charge in [-0.1, -0.05) is 35.5 Å². The van der Waals surface area contributed by atoms with Gasteiger partial charge in [0.05, 0.1) is 18.0 Å². The van der Waals surface area contributed by atoms with E-state index in [-0.39, 0.29) is 36.3 Å². The van der Waals surface area contributed by atoms with Gasteiger partial charge in [0.25, 0.3) is 5.91 Å². The van der Waals surface area contributed by atoms with Gasteiger partial charge in [0.1, 0.15) is 0 Å². The lowest BCUT2D eigenvalue weighted by Gasteiger charge is -2.34. The second-order valence-electron chi connectivity index (χ2n) is 7.69. The molecule has 0 N–H and O–H groups in total. The number of aryl methyl sites for hydroxylation is 1. The summed E-state index contributed by atoms with van der Waals surface area (Å²) in [6, 6.07) is 11.4. The Bertz CT molecular complexity index is 992.